The van der Waals surface area contributed by atoms with E-state index in [4.69, 9.17) is 4.42 Å². The van der Waals surface area contributed by atoms with Gasteiger partial charge in [-0.15, -0.1) is 0 Å². The van der Waals surface area contributed by atoms with Gasteiger partial charge in [0.25, 0.3) is 5.91 Å². The summed E-state index contributed by atoms with van der Waals surface area (Å²) in [6, 6.07) is 3.71. The summed E-state index contributed by atoms with van der Waals surface area (Å²) in [5, 5.41) is 2.78. The van der Waals surface area contributed by atoms with Crippen molar-refractivity contribution in [1.82, 2.24) is 4.98 Å². The third-order valence-electron chi connectivity index (χ3n) is 2.95. The van der Waals surface area contributed by atoms with Crippen molar-refractivity contribution in [2.75, 3.05) is 5.32 Å². The number of furan rings is 1. The van der Waals surface area contributed by atoms with Gasteiger partial charge >= 0.3 is 0 Å². The Hall–Kier alpha value is -2.10. The van der Waals surface area contributed by atoms with E-state index in [2.05, 4.69) is 10.3 Å². The number of nitrogens with zero attached hydrogens (tertiary/aromatic N) is 1. The third kappa shape index (κ3) is 2.27. The van der Waals surface area contributed by atoms with Gasteiger partial charge in [0.15, 0.2) is 0 Å². The SMILES string of the molecule is Cc1ccnc(NC(=O)c2c(C)oc(C)c2C)c1. The van der Waals surface area contributed by atoms with E-state index in [0.29, 0.717) is 17.1 Å². The van der Waals surface area contributed by atoms with Crippen molar-refractivity contribution in [2.45, 2.75) is 27.7 Å². The number of carbonyl (C=O) groups excluding carboxylic acids is 1. The summed E-state index contributed by atoms with van der Waals surface area (Å²) in [6.07, 6.45) is 1.67. The van der Waals surface area contributed by atoms with E-state index in [-0.39, 0.29) is 5.91 Å². The minimum absolute atomic E-state index is 0.181. The molecule has 0 saturated heterocycles. The van der Waals surface area contributed by atoms with Crippen molar-refractivity contribution in [3.8, 4) is 0 Å². The number of carbonyl (C=O) groups is 1. The lowest BCUT2D eigenvalue weighted by atomic mass is 10.1. The highest BCUT2D eigenvalue weighted by molar-refractivity contribution is 6.05. The molecule has 4 heteroatoms. The topological polar surface area (TPSA) is 55.1 Å². The maximum atomic E-state index is 12.2. The fourth-order valence-corrected chi connectivity index (χ4v) is 1.91. The molecule has 94 valence electrons. The van der Waals surface area contributed by atoms with Crippen LogP contribution in [0.2, 0.25) is 0 Å². The van der Waals surface area contributed by atoms with E-state index in [0.717, 1.165) is 16.9 Å². The number of rotatable bonds is 2. The first-order valence-corrected chi connectivity index (χ1v) is 5.79. The quantitative estimate of drug-likeness (QED) is 0.882. The van der Waals surface area contributed by atoms with Crippen LogP contribution in [0.4, 0.5) is 5.82 Å². The summed E-state index contributed by atoms with van der Waals surface area (Å²) >= 11 is 0. The molecule has 0 aromatic carbocycles. The Morgan fingerprint density at radius 2 is 1.94 bits per heavy atom. The predicted molar refractivity (Wildman–Crippen MR) is 69.8 cm³/mol. The third-order valence-corrected chi connectivity index (χ3v) is 2.95. The molecule has 2 aromatic rings. The van der Waals surface area contributed by atoms with Crippen molar-refractivity contribution in [2.24, 2.45) is 0 Å². The summed E-state index contributed by atoms with van der Waals surface area (Å²) in [4.78, 5) is 16.3. The molecule has 0 aliphatic carbocycles. The Morgan fingerprint density at radius 1 is 1.22 bits per heavy atom. The van der Waals surface area contributed by atoms with Crippen LogP contribution in [0.5, 0.6) is 0 Å². The second-order valence-corrected chi connectivity index (χ2v) is 4.39. The molecule has 0 spiro atoms. The molecule has 2 heterocycles. The predicted octanol–water partition coefficient (Wildman–Crippen LogP) is 3.16. The molecule has 0 radical (unpaired) electrons. The van der Waals surface area contributed by atoms with Crippen molar-refractivity contribution in [3.63, 3.8) is 0 Å². The van der Waals surface area contributed by atoms with Gasteiger partial charge in [-0.05, 0) is 45.4 Å². The largest absolute Gasteiger partial charge is 0.466 e. The maximum absolute atomic E-state index is 12.2. The van der Waals surface area contributed by atoms with Crippen LogP contribution < -0.4 is 5.32 Å². The average Bonchev–Trinajstić information content (AvgIpc) is 2.53. The number of aryl methyl sites for hydroxylation is 3. The van der Waals surface area contributed by atoms with Crippen LogP contribution in [0.1, 0.15) is 33.0 Å². The second kappa shape index (κ2) is 4.64. The Morgan fingerprint density at radius 3 is 2.50 bits per heavy atom. The van der Waals surface area contributed by atoms with Gasteiger partial charge in [-0.3, -0.25) is 4.79 Å². The lowest BCUT2D eigenvalue weighted by Crippen LogP contribution is -2.14. The van der Waals surface area contributed by atoms with Crippen LogP contribution in [-0.4, -0.2) is 10.9 Å². The minimum Gasteiger partial charge on any atom is -0.466 e. The van der Waals surface area contributed by atoms with Crippen molar-refractivity contribution in [1.29, 1.82) is 0 Å². The molecule has 0 unspecified atom stereocenters. The van der Waals surface area contributed by atoms with Gasteiger partial charge in [-0.1, -0.05) is 0 Å². The van der Waals surface area contributed by atoms with Crippen molar-refractivity contribution >= 4 is 11.7 Å². The monoisotopic (exact) mass is 244 g/mol. The molecule has 4 nitrogen and oxygen atoms in total. The van der Waals surface area contributed by atoms with Gasteiger partial charge in [0.2, 0.25) is 0 Å². The van der Waals surface area contributed by atoms with E-state index in [1.807, 2.05) is 32.9 Å². The molecule has 0 aliphatic rings. The molecular weight excluding hydrogens is 228 g/mol. The van der Waals surface area contributed by atoms with Crippen LogP contribution in [0, 0.1) is 27.7 Å². The molecular formula is C14H16N2O2. The zero-order valence-corrected chi connectivity index (χ0v) is 11.0. The number of aromatic nitrogens is 1. The smallest absolute Gasteiger partial charge is 0.260 e. The molecule has 0 fully saturated rings. The average molecular weight is 244 g/mol. The van der Waals surface area contributed by atoms with Gasteiger partial charge < -0.3 is 9.73 Å². The molecule has 0 aliphatic heterocycles. The Bertz CT molecular complexity index is 600. The number of hydrogen-bond acceptors (Lipinski definition) is 3. The normalized spacial score (nSPS) is 10.4. The van der Waals surface area contributed by atoms with Gasteiger partial charge in [-0.25, -0.2) is 4.98 Å². The van der Waals surface area contributed by atoms with Gasteiger partial charge in [0.05, 0.1) is 5.56 Å². The Balaban J connectivity index is 2.27. The summed E-state index contributed by atoms with van der Waals surface area (Å²) in [7, 11) is 0. The summed E-state index contributed by atoms with van der Waals surface area (Å²) < 4.78 is 5.45. The number of hydrogen-bond donors (Lipinski definition) is 1. The van der Waals surface area contributed by atoms with Crippen LogP contribution >= 0.6 is 0 Å². The summed E-state index contributed by atoms with van der Waals surface area (Å²) in [5.41, 5.74) is 2.52. The van der Waals surface area contributed by atoms with Gasteiger partial charge in [0.1, 0.15) is 17.3 Å². The molecule has 1 amide bonds. The van der Waals surface area contributed by atoms with Gasteiger partial charge in [0, 0.05) is 11.8 Å². The fraction of sp³-hybridized carbons (Fsp3) is 0.286. The van der Waals surface area contributed by atoms with E-state index in [1.165, 1.54) is 0 Å². The molecule has 0 saturated carbocycles. The molecule has 2 rings (SSSR count). The summed E-state index contributed by atoms with van der Waals surface area (Å²) in [6.45, 7) is 7.48. The number of nitrogens with one attached hydrogen (secondary N) is 1. The zero-order chi connectivity index (χ0) is 13.3. The van der Waals surface area contributed by atoms with Crippen LogP contribution in [0.3, 0.4) is 0 Å². The fourth-order valence-electron chi connectivity index (χ4n) is 1.91. The highest BCUT2D eigenvalue weighted by Crippen LogP contribution is 2.21. The first-order valence-electron chi connectivity index (χ1n) is 5.79. The van der Waals surface area contributed by atoms with Crippen molar-refractivity contribution < 1.29 is 9.21 Å². The molecule has 2 aromatic heterocycles. The van der Waals surface area contributed by atoms with Crippen molar-refractivity contribution in [3.05, 3.63) is 46.5 Å². The Kier molecular flexibility index (Phi) is 3.19. The van der Waals surface area contributed by atoms with Crippen LogP contribution in [-0.2, 0) is 0 Å². The van der Waals surface area contributed by atoms with E-state index in [9.17, 15) is 4.79 Å². The highest BCUT2D eigenvalue weighted by Gasteiger charge is 2.18. The molecule has 0 atom stereocenters. The minimum atomic E-state index is -0.181. The standard InChI is InChI=1S/C14H16N2O2/c1-8-5-6-15-12(7-8)16-14(17)13-9(2)10(3)18-11(13)4/h5-7H,1-4H3,(H,15,16,17). The maximum Gasteiger partial charge on any atom is 0.260 e. The van der Waals surface area contributed by atoms with Crippen LogP contribution in [0.25, 0.3) is 0 Å². The number of amides is 1. The van der Waals surface area contributed by atoms with E-state index in [1.54, 1.807) is 13.1 Å². The van der Waals surface area contributed by atoms with E-state index < -0.39 is 0 Å². The molecule has 18 heavy (non-hydrogen) atoms. The lowest BCUT2D eigenvalue weighted by Gasteiger charge is -2.05. The lowest BCUT2D eigenvalue weighted by molar-refractivity contribution is 0.102. The molecule has 1 N–H and O–H groups in total. The second-order valence-electron chi connectivity index (χ2n) is 4.39. The van der Waals surface area contributed by atoms with Gasteiger partial charge in [-0.2, -0.15) is 0 Å². The first-order chi connectivity index (χ1) is 8.49. The Labute approximate surface area is 106 Å². The summed E-state index contributed by atoms with van der Waals surface area (Å²) in [5.74, 6) is 1.78. The van der Waals surface area contributed by atoms with E-state index >= 15 is 0 Å². The zero-order valence-electron chi connectivity index (χ0n) is 11.0. The molecule has 0 bridgehead atoms. The number of anilines is 1. The number of pyridine rings is 1. The van der Waals surface area contributed by atoms with Crippen LogP contribution in [0.15, 0.2) is 22.7 Å². The highest BCUT2D eigenvalue weighted by atomic mass is 16.3. The first kappa shape index (κ1) is 12.4.